The van der Waals surface area contributed by atoms with Crippen molar-refractivity contribution in [2.75, 3.05) is 39.6 Å². The van der Waals surface area contributed by atoms with Gasteiger partial charge in [-0.05, 0) is 30.9 Å². The number of nitrogens with one attached hydrogen (secondary N) is 1. The molecule has 25 heavy (non-hydrogen) atoms. The van der Waals surface area contributed by atoms with Gasteiger partial charge in [-0.2, -0.15) is 0 Å². The van der Waals surface area contributed by atoms with E-state index in [-0.39, 0.29) is 18.2 Å². The topological polar surface area (TPSA) is 84.9 Å². The van der Waals surface area contributed by atoms with E-state index >= 15 is 0 Å². The molecule has 0 atom stereocenters. The molecule has 7 nitrogen and oxygen atoms in total. The van der Waals surface area contributed by atoms with Gasteiger partial charge in [0.1, 0.15) is 11.5 Å². The van der Waals surface area contributed by atoms with E-state index < -0.39 is 10.0 Å². The average Bonchev–Trinajstić information content (AvgIpc) is 2.61. The predicted octanol–water partition coefficient (Wildman–Crippen LogP) is 1.50. The number of rotatable bonds is 7. The SMILES string of the molecule is COc1cc(OC)cc(C(=O)NCCS(=O)(=O)N2CCC(C)CC2)c1. The van der Waals surface area contributed by atoms with Gasteiger partial charge in [0.05, 0.1) is 20.0 Å². The Kier molecular flexibility index (Phi) is 6.66. The summed E-state index contributed by atoms with van der Waals surface area (Å²) >= 11 is 0. The highest BCUT2D eigenvalue weighted by atomic mass is 32.2. The summed E-state index contributed by atoms with van der Waals surface area (Å²) in [5.74, 6) is 1.10. The minimum absolute atomic E-state index is 0.0622. The molecule has 0 spiro atoms. The summed E-state index contributed by atoms with van der Waals surface area (Å²) in [6.45, 7) is 3.31. The summed E-state index contributed by atoms with van der Waals surface area (Å²) in [6, 6.07) is 4.83. The van der Waals surface area contributed by atoms with Gasteiger partial charge >= 0.3 is 0 Å². The molecular formula is C17H26N2O5S. The maximum Gasteiger partial charge on any atom is 0.251 e. The van der Waals surface area contributed by atoms with E-state index in [0.717, 1.165) is 12.8 Å². The Balaban J connectivity index is 1.92. The van der Waals surface area contributed by atoms with Crippen molar-refractivity contribution in [3.05, 3.63) is 23.8 Å². The van der Waals surface area contributed by atoms with Crippen LogP contribution in [0.1, 0.15) is 30.1 Å². The van der Waals surface area contributed by atoms with Crippen molar-refractivity contribution in [3.63, 3.8) is 0 Å². The molecule has 1 heterocycles. The molecule has 0 aromatic heterocycles. The second-order valence-electron chi connectivity index (χ2n) is 6.25. The summed E-state index contributed by atoms with van der Waals surface area (Å²) in [4.78, 5) is 12.3. The highest BCUT2D eigenvalue weighted by Crippen LogP contribution is 2.22. The Morgan fingerprint density at radius 1 is 1.16 bits per heavy atom. The van der Waals surface area contributed by atoms with E-state index in [1.807, 2.05) is 0 Å². The summed E-state index contributed by atoms with van der Waals surface area (Å²) in [6.07, 6.45) is 1.77. The first-order chi connectivity index (χ1) is 11.9. The maximum absolute atomic E-state index is 12.3. The molecule has 1 N–H and O–H groups in total. The molecule has 1 aliphatic heterocycles. The van der Waals surface area contributed by atoms with Gasteiger partial charge in [-0.1, -0.05) is 6.92 Å². The number of hydrogen-bond donors (Lipinski definition) is 1. The number of carbonyl (C=O) groups excluding carboxylic acids is 1. The number of hydrogen-bond acceptors (Lipinski definition) is 5. The number of carbonyl (C=O) groups is 1. The molecule has 0 aliphatic carbocycles. The molecule has 0 bridgehead atoms. The lowest BCUT2D eigenvalue weighted by Gasteiger charge is -2.29. The Hall–Kier alpha value is -1.80. The van der Waals surface area contributed by atoms with Crippen LogP contribution in [0, 0.1) is 5.92 Å². The first kappa shape index (κ1) is 19.5. The molecule has 1 aromatic carbocycles. The van der Waals surface area contributed by atoms with Crippen LogP contribution in [0.25, 0.3) is 0 Å². The van der Waals surface area contributed by atoms with Gasteiger partial charge in [0.15, 0.2) is 0 Å². The second kappa shape index (κ2) is 8.53. The quantitative estimate of drug-likeness (QED) is 0.786. The van der Waals surface area contributed by atoms with Crippen molar-refractivity contribution in [1.29, 1.82) is 0 Å². The van der Waals surface area contributed by atoms with Crippen molar-refractivity contribution in [2.24, 2.45) is 5.92 Å². The summed E-state index contributed by atoms with van der Waals surface area (Å²) < 4.78 is 36.5. The minimum Gasteiger partial charge on any atom is -0.497 e. The lowest BCUT2D eigenvalue weighted by molar-refractivity contribution is 0.0955. The van der Waals surface area contributed by atoms with Gasteiger partial charge in [-0.3, -0.25) is 4.79 Å². The fourth-order valence-electron chi connectivity index (χ4n) is 2.73. The fraction of sp³-hybridized carbons (Fsp3) is 0.588. The summed E-state index contributed by atoms with van der Waals surface area (Å²) in [7, 11) is -0.336. The first-order valence-electron chi connectivity index (χ1n) is 8.35. The average molecular weight is 370 g/mol. The number of nitrogens with zero attached hydrogens (tertiary/aromatic N) is 1. The van der Waals surface area contributed by atoms with Crippen LogP contribution in [0.4, 0.5) is 0 Å². The zero-order chi connectivity index (χ0) is 18.4. The van der Waals surface area contributed by atoms with Crippen molar-refractivity contribution >= 4 is 15.9 Å². The van der Waals surface area contributed by atoms with Crippen molar-refractivity contribution < 1.29 is 22.7 Å². The third-order valence-corrected chi connectivity index (χ3v) is 6.27. The Morgan fingerprint density at radius 3 is 2.24 bits per heavy atom. The third-order valence-electron chi connectivity index (χ3n) is 4.40. The largest absolute Gasteiger partial charge is 0.497 e. The van der Waals surface area contributed by atoms with Crippen LogP contribution in [0.2, 0.25) is 0 Å². The molecule has 1 aromatic rings. The Bertz CT molecular complexity index is 675. The summed E-state index contributed by atoms with van der Waals surface area (Å²) in [5, 5.41) is 2.65. The smallest absolute Gasteiger partial charge is 0.251 e. The molecule has 1 aliphatic rings. The lowest BCUT2D eigenvalue weighted by atomic mass is 10.0. The van der Waals surface area contributed by atoms with E-state index in [1.54, 1.807) is 18.2 Å². The van der Waals surface area contributed by atoms with Crippen molar-refractivity contribution in [1.82, 2.24) is 9.62 Å². The van der Waals surface area contributed by atoms with Crippen LogP contribution in [0.15, 0.2) is 18.2 Å². The molecule has 0 radical (unpaired) electrons. The number of sulfonamides is 1. The van der Waals surface area contributed by atoms with Gasteiger partial charge in [-0.25, -0.2) is 12.7 Å². The first-order valence-corrected chi connectivity index (χ1v) is 9.95. The van der Waals surface area contributed by atoms with Gasteiger partial charge in [-0.15, -0.1) is 0 Å². The van der Waals surface area contributed by atoms with Crippen LogP contribution in [-0.2, 0) is 10.0 Å². The van der Waals surface area contributed by atoms with E-state index in [4.69, 9.17) is 9.47 Å². The van der Waals surface area contributed by atoms with Crippen LogP contribution in [0.3, 0.4) is 0 Å². The zero-order valence-electron chi connectivity index (χ0n) is 14.9. The van der Waals surface area contributed by atoms with E-state index in [0.29, 0.717) is 36.1 Å². The maximum atomic E-state index is 12.3. The van der Waals surface area contributed by atoms with Crippen LogP contribution in [0.5, 0.6) is 11.5 Å². The van der Waals surface area contributed by atoms with Gasteiger partial charge in [0.25, 0.3) is 5.91 Å². The monoisotopic (exact) mass is 370 g/mol. The van der Waals surface area contributed by atoms with E-state index in [1.165, 1.54) is 18.5 Å². The molecule has 0 saturated carbocycles. The molecule has 1 fully saturated rings. The number of piperidine rings is 1. The van der Waals surface area contributed by atoms with E-state index in [9.17, 15) is 13.2 Å². The number of ether oxygens (including phenoxy) is 2. The van der Waals surface area contributed by atoms with Gasteiger partial charge in [0, 0.05) is 31.3 Å². The third kappa shape index (κ3) is 5.34. The number of benzene rings is 1. The molecule has 2 rings (SSSR count). The summed E-state index contributed by atoms with van der Waals surface area (Å²) in [5.41, 5.74) is 0.361. The fourth-order valence-corrected chi connectivity index (χ4v) is 4.11. The standard InChI is InChI=1S/C17H26N2O5S/c1-13-4-7-19(8-5-13)25(21,22)9-6-18-17(20)14-10-15(23-2)12-16(11-14)24-3/h10-13H,4-9H2,1-3H3,(H,18,20). The molecular weight excluding hydrogens is 344 g/mol. The number of methoxy groups -OCH3 is 2. The van der Waals surface area contributed by atoms with Crippen LogP contribution in [-0.4, -0.2) is 58.2 Å². The van der Waals surface area contributed by atoms with Crippen LogP contribution >= 0.6 is 0 Å². The van der Waals surface area contributed by atoms with Gasteiger partial charge < -0.3 is 14.8 Å². The highest BCUT2D eigenvalue weighted by molar-refractivity contribution is 7.89. The Labute approximate surface area is 149 Å². The molecule has 1 amide bonds. The zero-order valence-corrected chi connectivity index (χ0v) is 15.8. The van der Waals surface area contributed by atoms with Gasteiger partial charge in [0.2, 0.25) is 10.0 Å². The minimum atomic E-state index is -3.34. The van der Waals surface area contributed by atoms with Crippen molar-refractivity contribution in [2.45, 2.75) is 19.8 Å². The Morgan fingerprint density at radius 2 is 1.72 bits per heavy atom. The molecule has 0 unspecified atom stereocenters. The normalized spacial score (nSPS) is 16.4. The molecule has 1 saturated heterocycles. The van der Waals surface area contributed by atoms with E-state index in [2.05, 4.69) is 12.2 Å². The van der Waals surface area contributed by atoms with Crippen molar-refractivity contribution in [3.8, 4) is 11.5 Å². The molecule has 140 valence electrons. The van der Waals surface area contributed by atoms with Crippen LogP contribution < -0.4 is 14.8 Å². The predicted molar refractivity (Wildman–Crippen MR) is 95.6 cm³/mol. The number of amides is 1. The molecule has 8 heteroatoms. The highest BCUT2D eigenvalue weighted by Gasteiger charge is 2.26. The lowest BCUT2D eigenvalue weighted by Crippen LogP contribution is -2.41. The second-order valence-corrected chi connectivity index (χ2v) is 8.34.